The van der Waals surface area contributed by atoms with Crippen molar-refractivity contribution < 1.29 is 45.4 Å². The summed E-state index contributed by atoms with van der Waals surface area (Å²) in [7, 11) is 2.97. The Bertz CT molecular complexity index is 1410. The van der Waals surface area contributed by atoms with Crippen LogP contribution in [0.5, 0.6) is 11.5 Å². The summed E-state index contributed by atoms with van der Waals surface area (Å²) in [5.74, 6) is -6.45. The van der Waals surface area contributed by atoms with Crippen molar-refractivity contribution in [3.63, 3.8) is 0 Å². The predicted molar refractivity (Wildman–Crippen MR) is 135 cm³/mol. The van der Waals surface area contributed by atoms with E-state index < -0.39 is 71.2 Å². The van der Waals surface area contributed by atoms with E-state index >= 15 is 8.78 Å². The Kier molecular flexibility index (Phi) is 8.25. The summed E-state index contributed by atoms with van der Waals surface area (Å²) in [6.45, 7) is 0.793. The summed E-state index contributed by atoms with van der Waals surface area (Å²) in [4.78, 5) is 31.1. The van der Waals surface area contributed by atoms with E-state index in [4.69, 9.17) is 9.47 Å². The van der Waals surface area contributed by atoms with Crippen molar-refractivity contribution in [3.05, 3.63) is 82.5 Å². The van der Waals surface area contributed by atoms with Crippen LogP contribution in [0.2, 0.25) is 0 Å². The van der Waals surface area contributed by atoms with Crippen LogP contribution in [-0.4, -0.2) is 42.6 Å². The lowest BCUT2D eigenvalue weighted by atomic mass is 9.92. The molecular formula is C26H22F6N3O4P. The van der Waals surface area contributed by atoms with Gasteiger partial charge in [0.15, 0.2) is 0 Å². The summed E-state index contributed by atoms with van der Waals surface area (Å²) >= 11 is 0. The van der Waals surface area contributed by atoms with Crippen molar-refractivity contribution in [2.45, 2.75) is 31.2 Å². The van der Waals surface area contributed by atoms with E-state index in [0.717, 1.165) is 24.3 Å². The number of ether oxygens (including phenoxy) is 2. The SMILES string of the molecule is COc1cc(F)c([C@@H]2CN(c3nc(C)ccc3C(F)(F)F)C(=O)[C@H]2NC(=O)c2ccc(OC(F)P)cc2)c(F)c1. The van der Waals surface area contributed by atoms with Gasteiger partial charge in [0.2, 0.25) is 6.10 Å². The number of carbonyl (C=O) groups excluding carboxylic acids is 2. The molecule has 40 heavy (non-hydrogen) atoms. The molecule has 14 heteroatoms. The Morgan fingerprint density at radius 2 is 1.73 bits per heavy atom. The van der Waals surface area contributed by atoms with Gasteiger partial charge in [0.1, 0.15) is 35.0 Å². The monoisotopic (exact) mass is 585 g/mol. The maximum Gasteiger partial charge on any atom is 0.419 e. The minimum Gasteiger partial charge on any atom is -0.497 e. The number of aryl methyl sites for hydroxylation is 1. The van der Waals surface area contributed by atoms with Gasteiger partial charge >= 0.3 is 6.18 Å². The molecule has 1 fully saturated rings. The summed E-state index contributed by atoms with van der Waals surface area (Å²) in [6.07, 6.45) is -6.60. The molecule has 2 unspecified atom stereocenters. The summed E-state index contributed by atoms with van der Waals surface area (Å²) in [5.41, 5.74) is -1.73. The molecular weight excluding hydrogens is 563 g/mol. The van der Waals surface area contributed by atoms with Crippen LogP contribution < -0.4 is 19.7 Å². The normalized spacial score (nSPS) is 18.0. The second-order valence-corrected chi connectivity index (χ2v) is 9.35. The van der Waals surface area contributed by atoms with Crippen LogP contribution in [0.1, 0.15) is 33.1 Å². The minimum atomic E-state index is -4.90. The van der Waals surface area contributed by atoms with E-state index in [1.807, 2.05) is 0 Å². The number of nitrogens with zero attached hydrogens (tertiary/aromatic N) is 2. The van der Waals surface area contributed by atoms with Gasteiger partial charge in [-0.2, -0.15) is 17.6 Å². The number of rotatable bonds is 7. The van der Waals surface area contributed by atoms with Crippen molar-refractivity contribution in [2.75, 3.05) is 18.6 Å². The largest absolute Gasteiger partial charge is 0.497 e. The van der Waals surface area contributed by atoms with Gasteiger partial charge in [-0.05, 0) is 43.3 Å². The molecule has 212 valence electrons. The molecule has 2 amide bonds. The van der Waals surface area contributed by atoms with E-state index in [1.165, 1.54) is 38.3 Å². The van der Waals surface area contributed by atoms with Crippen molar-refractivity contribution in [3.8, 4) is 11.5 Å². The molecule has 0 spiro atoms. The van der Waals surface area contributed by atoms with Crippen molar-refractivity contribution in [1.29, 1.82) is 0 Å². The molecule has 1 aromatic heterocycles. The highest BCUT2D eigenvalue weighted by molar-refractivity contribution is 7.16. The zero-order valence-corrected chi connectivity index (χ0v) is 22.1. The number of hydrogen-bond acceptors (Lipinski definition) is 5. The number of alkyl halides is 4. The number of methoxy groups -OCH3 is 1. The molecule has 4 atom stereocenters. The Morgan fingerprint density at radius 3 is 2.27 bits per heavy atom. The Hall–Kier alpha value is -3.86. The van der Waals surface area contributed by atoms with E-state index in [0.29, 0.717) is 4.90 Å². The number of hydrogen-bond donors (Lipinski definition) is 1. The highest BCUT2D eigenvalue weighted by atomic mass is 31.0. The van der Waals surface area contributed by atoms with Crippen molar-refractivity contribution in [2.24, 2.45) is 0 Å². The van der Waals surface area contributed by atoms with Crippen LogP contribution in [0.4, 0.5) is 32.2 Å². The second kappa shape index (κ2) is 11.3. The standard InChI is InChI=1S/C26H22F6N3O4P/c1-12-3-8-17(26(30,31)32)22(33-12)35-11-16(20-18(27)9-15(38-2)10-19(20)28)21(24(35)37)34-23(36)13-4-6-14(7-5-13)39-25(29)40/h3-10,16,21,25H,11,40H2,1-2H3,(H,34,36)/t16-,21-,25?/m0/s1. The van der Waals surface area contributed by atoms with Crippen LogP contribution >= 0.6 is 9.24 Å². The molecule has 1 aliphatic heterocycles. The lowest BCUT2D eigenvalue weighted by Gasteiger charge is -2.21. The zero-order chi connectivity index (χ0) is 29.4. The molecule has 3 aromatic rings. The van der Waals surface area contributed by atoms with Gasteiger partial charge in [-0.1, -0.05) is 9.24 Å². The molecule has 2 aromatic carbocycles. The molecule has 2 heterocycles. The lowest BCUT2D eigenvalue weighted by molar-refractivity contribution is -0.137. The van der Waals surface area contributed by atoms with Gasteiger partial charge in [0, 0.05) is 41.4 Å². The van der Waals surface area contributed by atoms with Crippen LogP contribution in [0.3, 0.4) is 0 Å². The summed E-state index contributed by atoms with van der Waals surface area (Å²) in [5, 5.41) is 2.39. The average Bonchev–Trinajstić information content (AvgIpc) is 3.18. The van der Waals surface area contributed by atoms with E-state index in [1.54, 1.807) is 9.24 Å². The van der Waals surface area contributed by atoms with Gasteiger partial charge in [-0.25, -0.2) is 13.8 Å². The minimum absolute atomic E-state index is 0.0307. The predicted octanol–water partition coefficient (Wildman–Crippen LogP) is 5.13. The van der Waals surface area contributed by atoms with Crippen LogP contribution in [0.15, 0.2) is 48.5 Å². The van der Waals surface area contributed by atoms with E-state index in [9.17, 15) is 27.2 Å². The Balaban J connectivity index is 1.76. The maximum absolute atomic E-state index is 15.1. The third-order valence-electron chi connectivity index (χ3n) is 6.20. The number of nitrogens with one attached hydrogen (secondary N) is 1. The fourth-order valence-corrected chi connectivity index (χ4v) is 4.54. The highest BCUT2D eigenvalue weighted by Crippen LogP contribution is 2.41. The molecule has 1 saturated heterocycles. The summed E-state index contributed by atoms with van der Waals surface area (Å²) in [6, 6.07) is 6.97. The smallest absolute Gasteiger partial charge is 0.419 e. The average molecular weight is 585 g/mol. The number of benzene rings is 2. The first-order valence-corrected chi connectivity index (χ1v) is 12.3. The number of anilines is 1. The van der Waals surface area contributed by atoms with E-state index in [-0.39, 0.29) is 22.8 Å². The van der Waals surface area contributed by atoms with E-state index in [2.05, 4.69) is 10.3 Å². The van der Waals surface area contributed by atoms with Crippen LogP contribution in [-0.2, 0) is 11.0 Å². The molecule has 4 rings (SSSR count). The van der Waals surface area contributed by atoms with Gasteiger partial charge in [0.25, 0.3) is 11.8 Å². The quantitative estimate of drug-likeness (QED) is 0.307. The van der Waals surface area contributed by atoms with Gasteiger partial charge < -0.3 is 14.8 Å². The molecule has 0 radical (unpaired) electrons. The maximum atomic E-state index is 15.1. The first kappa shape index (κ1) is 29.1. The van der Waals surface area contributed by atoms with Gasteiger partial charge in [0.05, 0.1) is 12.7 Å². The number of halogens is 6. The molecule has 1 N–H and O–H groups in total. The topological polar surface area (TPSA) is 80.8 Å². The van der Waals surface area contributed by atoms with Crippen LogP contribution in [0.25, 0.3) is 0 Å². The third kappa shape index (κ3) is 5.99. The molecule has 1 aliphatic rings. The first-order valence-electron chi connectivity index (χ1n) is 11.7. The third-order valence-corrected chi connectivity index (χ3v) is 6.34. The highest BCUT2D eigenvalue weighted by Gasteiger charge is 2.48. The molecule has 0 bridgehead atoms. The molecule has 7 nitrogen and oxygen atoms in total. The summed E-state index contributed by atoms with van der Waals surface area (Å²) < 4.78 is 94.4. The van der Waals surface area contributed by atoms with Crippen LogP contribution in [0, 0.1) is 18.6 Å². The fourth-order valence-electron chi connectivity index (χ4n) is 4.39. The number of aromatic nitrogens is 1. The number of carbonyl (C=O) groups is 2. The first-order chi connectivity index (χ1) is 18.8. The number of pyridine rings is 1. The van der Waals surface area contributed by atoms with Gasteiger partial charge in [-0.15, -0.1) is 0 Å². The lowest BCUT2D eigenvalue weighted by Crippen LogP contribution is -2.44. The molecule has 0 aliphatic carbocycles. The Morgan fingerprint density at radius 1 is 1.10 bits per heavy atom. The number of amides is 2. The van der Waals surface area contributed by atoms with Gasteiger partial charge in [-0.3, -0.25) is 14.5 Å². The second-order valence-electron chi connectivity index (χ2n) is 8.83. The van der Waals surface area contributed by atoms with Crippen molar-refractivity contribution >= 4 is 26.9 Å². The Labute approximate surface area is 226 Å². The van der Waals surface area contributed by atoms with Crippen molar-refractivity contribution in [1.82, 2.24) is 10.3 Å². The molecule has 0 saturated carbocycles. The zero-order valence-electron chi connectivity index (χ0n) is 20.9. The fraction of sp³-hybridized carbons (Fsp3) is 0.269.